The lowest BCUT2D eigenvalue weighted by Crippen LogP contribution is -2.42. The fourth-order valence-corrected chi connectivity index (χ4v) is 4.64. The molecule has 2 aliphatic rings. The molecule has 0 aliphatic carbocycles. The third kappa shape index (κ3) is 3.26. The van der Waals surface area contributed by atoms with E-state index in [4.69, 9.17) is 9.47 Å². The second-order valence-electron chi connectivity index (χ2n) is 6.83. The second-order valence-corrected chi connectivity index (χ2v) is 7.77. The number of nitrogens with zero attached hydrogens (tertiary/aromatic N) is 2. The number of benzene rings is 1. The van der Waals surface area contributed by atoms with Crippen molar-refractivity contribution in [1.82, 2.24) is 9.88 Å². The molecule has 2 saturated heterocycles. The highest BCUT2D eigenvalue weighted by Gasteiger charge is 2.50. The van der Waals surface area contributed by atoms with E-state index < -0.39 is 0 Å². The van der Waals surface area contributed by atoms with Gasteiger partial charge in [-0.3, -0.25) is 4.90 Å². The van der Waals surface area contributed by atoms with Crippen LogP contribution in [0.25, 0.3) is 0 Å². The van der Waals surface area contributed by atoms with Crippen LogP contribution in [-0.4, -0.2) is 41.3 Å². The molecule has 4 nitrogen and oxygen atoms in total. The number of aromatic nitrogens is 1. The van der Waals surface area contributed by atoms with Crippen LogP contribution in [0.2, 0.25) is 0 Å². The fraction of sp³-hybridized carbons (Fsp3) is 0.526. The summed E-state index contributed by atoms with van der Waals surface area (Å²) in [7, 11) is 0. The first kappa shape index (κ1) is 16.2. The Labute approximate surface area is 147 Å². The van der Waals surface area contributed by atoms with Crippen molar-refractivity contribution in [1.29, 1.82) is 0 Å². The van der Waals surface area contributed by atoms with Crippen LogP contribution in [0.15, 0.2) is 35.8 Å². The Morgan fingerprint density at radius 3 is 2.96 bits per heavy atom. The lowest BCUT2D eigenvalue weighted by atomic mass is 9.96. The molecule has 3 heterocycles. The van der Waals surface area contributed by atoms with E-state index in [0.29, 0.717) is 6.61 Å². The minimum Gasteiger partial charge on any atom is -0.371 e. The molecule has 2 fully saturated rings. The molecule has 2 aromatic rings. The standard InChI is InChI=1S/C19H24N2O2S/c1-15-17(24-14-20-15)10-21-11-18(19(13-21)8-5-9-23-19)22-12-16-6-3-2-4-7-16/h2-4,6-7,14,18H,5,8-13H2,1H3/t18-,19-/m0/s1. The maximum absolute atomic E-state index is 6.33. The van der Waals surface area contributed by atoms with Crippen molar-refractivity contribution in [2.45, 2.75) is 44.6 Å². The van der Waals surface area contributed by atoms with Crippen LogP contribution in [0.4, 0.5) is 0 Å². The van der Waals surface area contributed by atoms with Gasteiger partial charge in [-0.15, -0.1) is 11.3 Å². The molecule has 2 aliphatic heterocycles. The largest absolute Gasteiger partial charge is 0.371 e. The van der Waals surface area contributed by atoms with E-state index in [0.717, 1.165) is 44.8 Å². The van der Waals surface area contributed by atoms with E-state index in [2.05, 4.69) is 41.1 Å². The Hall–Kier alpha value is -1.27. The molecule has 0 unspecified atom stereocenters. The molecule has 4 rings (SSSR count). The minimum absolute atomic E-state index is 0.118. The molecular formula is C19H24N2O2S. The highest BCUT2D eigenvalue weighted by Crippen LogP contribution is 2.38. The van der Waals surface area contributed by atoms with Gasteiger partial charge in [0, 0.05) is 31.1 Å². The van der Waals surface area contributed by atoms with Crippen molar-refractivity contribution in [3.63, 3.8) is 0 Å². The summed E-state index contributed by atoms with van der Waals surface area (Å²) < 4.78 is 12.5. The maximum atomic E-state index is 6.33. The van der Waals surface area contributed by atoms with E-state index in [1.54, 1.807) is 11.3 Å². The first-order chi connectivity index (χ1) is 11.8. The van der Waals surface area contributed by atoms with Crippen LogP contribution in [0, 0.1) is 6.92 Å². The first-order valence-electron chi connectivity index (χ1n) is 8.66. The van der Waals surface area contributed by atoms with Gasteiger partial charge in [0.2, 0.25) is 0 Å². The predicted molar refractivity (Wildman–Crippen MR) is 95.1 cm³/mol. The summed E-state index contributed by atoms with van der Waals surface area (Å²) in [5.74, 6) is 0. The summed E-state index contributed by atoms with van der Waals surface area (Å²) in [5, 5.41) is 0. The Morgan fingerprint density at radius 1 is 1.38 bits per heavy atom. The van der Waals surface area contributed by atoms with E-state index >= 15 is 0 Å². The van der Waals surface area contributed by atoms with Crippen LogP contribution in [-0.2, 0) is 22.6 Å². The van der Waals surface area contributed by atoms with Crippen molar-refractivity contribution in [2.75, 3.05) is 19.7 Å². The number of likely N-dealkylation sites (tertiary alicyclic amines) is 1. The van der Waals surface area contributed by atoms with Crippen molar-refractivity contribution < 1.29 is 9.47 Å². The number of rotatable bonds is 5. The topological polar surface area (TPSA) is 34.6 Å². The van der Waals surface area contributed by atoms with Gasteiger partial charge in [0.05, 0.1) is 17.8 Å². The van der Waals surface area contributed by atoms with Gasteiger partial charge >= 0.3 is 0 Å². The Bertz CT molecular complexity index is 667. The Kier molecular flexibility index (Phi) is 4.68. The van der Waals surface area contributed by atoms with E-state index in [-0.39, 0.29) is 11.7 Å². The zero-order valence-corrected chi connectivity index (χ0v) is 14.9. The van der Waals surface area contributed by atoms with E-state index in [1.165, 1.54) is 10.4 Å². The van der Waals surface area contributed by atoms with Crippen LogP contribution in [0.1, 0.15) is 29.0 Å². The zero-order chi connectivity index (χ0) is 16.4. The fourth-order valence-electron chi connectivity index (χ4n) is 3.82. The van der Waals surface area contributed by atoms with Gasteiger partial charge in [-0.05, 0) is 25.3 Å². The minimum atomic E-state index is -0.118. The predicted octanol–water partition coefficient (Wildman–Crippen LogP) is 3.40. The highest BCUT2D eigenvalue weighted by molar-refractivity contribution is 7.09. The Balaban J connectivity index is 1.44. The van der Waals surface area contributed by atoms with Gasteiger partial charge in [-0.1, -0.05) is 30.3 Å². The molecule has 0 saturated carbocycles. The summed E-state index contributed by atoms with van der Waals surface area (Å²) >= 11 is 1.74. The molecule has 0 radical (unpaired) electrons. The molecule has 1 spiro atoms. The number of hydrogen-bond acceptors (Lipinski definition) is 5. The summed E-state index contributed by atoms with van der Waals surface area (Å²) in [6.45, 7) is 6.45. The van der Waals surface area contributed by atoms with Crippen molar-refractivity contribution in [2.24, 2.45) is 0 Å². The summed E-state index contributed by atoms with van der Waals surface area (Å²) in [6, 6.07) is 10.4. The molecule has 24 heavy (non-hydrogen) atoms. The van der Waals surface area contributed by atoms with Crippen molar-refractivity contribution >= 4 is 11.3 Å². The number of ether oxygens (including phenoxy) is 2. The van der Waals surface area contributed by atoms with Crippen LogP contribution >= 0.6 is 11.3 Å². The molecule has 1 aromatic heterocycles. The smallest absolute Gasteiger partial charge is 0.108 e. The Morgan fingerprint density at radius 2 is 2.25 bits per heavy atom. The van der Waals surface area contributed by atoms with Crippen LogP contribution < -0.4 is 0 Å². The van der Waals surface area contributed by atoms with Gasteiger partial charge in [0.25, 0.3) is 0 Å². The van der Waals surface area contributed by atoms with Gasteiger partial charge in [0.1, 0.15) is 11.7 Å². The lowest BCUT2D eigenvalue weighted by molar-refractivity contribution is -0.0959. The molecular weight excluding hydrogens is 320 g/mol. The molecule has 0 bridgehead atoms. The summed E-state index contributed by atoms with van der Waals surface area (Å²) in [5.41, 5.74) is 4.19. The summed E-state index contributed by atoms with van der Waals surface area (Å²) in [6.07, 6.45) is 2.39. The van der Waals surface area contributed by atoms with Crippen molar-refractivity contribution in [3.05, 3.63) is 52.0 Å². The quantitative estimate of drug-likeness (QED) is 0.833. The highest BCUT2D eigenvalue weighted by atomic mass is 32.1. The number of hydrogen-bond donors (Lipinski definition) is 0. The first-order valence-corrected chi connectivity index (χ1v) is 9.54. The average Bonchev–Trinajstić information content (AvgIpc) is 3.30. The van der Waals surface area contributed by atoms with Crippen LogP contribution in [0.5, 0.6) is 0 Å². The zero-order valence-electron chi connectivity index (χ0n) is 14.1. The molecule has 1 aromatic carbocycles. The SMILES string of the molecule is Cc1ncsc1CN1C[C@H](OCc2ccccc2)[C@]2(CCCO2)C1. The maximum Gasteiger partial charge on any atom is 0.108 e. The third-order valence-corrected chi connectivity index (χ3v) is 6.06. The lowest BCUT2D eigenvalue weighted by Gasteiger charge is -2.29. The van der Waals surface area contributed by atoms with Crippen LogP contribution in [0.3, 0.4) is 0 Å². The normalized spacial score (nSPS) is 27.3. The molecule has 128 valence electrons. The van der Waals surface area contributed by atoms with Gasteiger partial charge in [-0.25, -0.2) is 4.98 Å². The molecule has 5 heteroatoms. The van der Waals surface area contributed by atoms with Gasteiger partial charge < -0.3 is 9.47 Å². The second kappa shape index (κ2) is 6.92. The molecule has 2 atom stereocenters. The molecule has 0 amide bonds. The monoisotopic (exact) mass is 344 g/mol. The molecule has 0 N–H and O–H groups in total. The van der Waals surface area contributed by atoms with Crippen molar-refractivity contribution in [3.8, 4) is 0 Å². The average molecular weight is 344 g/mol. The number of aryl methyl sites for hydroxylation is 1. The number of thiazole rings is 1. The van der Waals surface area contributed by atoms with Gasteiger partial charge in [-0.2, -0.15) is 0 Å². The van der Waals surface area contributed by atoms with E-state index in [1.807, 2.05) is 11.6 Å². The third-order valence-electron chi connectivity index (χ3n) is 5.14. The van der Waals surface area contributed by atoms with E-state index in [9.17, 15) is 0 Å². The van der Waals surface area contributed by atoms with Gasteiger partial charge in [0.15, 0.2) is 0 Å². The summed E-state index contributed by atoms with van der Waals surface area (Å²) in [4.78, 5) is 8.20.